The van der Waals surface area contributed by atoms with Crippen molar-refractivity contribution in [2.24, 2.45) is 11.1 Å². The average molecular weight is 292 g/mol. The lowest BCUT2D eigenvalue weighted by atomic mass is 9.96. The third-order valence-corrected chi connectivity index (χ3v) is 3.33. The van der Waals surface area contributed by atoms with Crippen LogP contribution in [-0.4, -0.2) is 30.4 Å². The second-order valence-electron chi connectivity index (χ2n) is 6.13. The van der Waals surface area contributed by atoms with E-state index in [1.807, 2.05) is 20.8 Å². The first-order valence-electron chi connectivity index (χ1n) is 6.61. The summed E-state index contributed by atoms with van der Waals surface area (Å²) in [5.74, 6) is -0.106. The molecule has 0 aromatic rings. The summed E-state index contributed by atoms with van der Waals surface area (Å²) >= 11 is 0. The molecule has 1 saturated carbocycles. The Labute approximate surface area is 121 Å². The molecule has 6 heteroatoms. The van der Waals surface area contributed by atoms with Crippen LogP contribution in [0.5, 0.6) is 0 Å². The molecule has 112 valence electrons. The molecule has 0 atom stereocenters. The van der Waals surface area contributed by atoms with E-state index in [1.165, 1.54) is 0 Å². The first kappa shape index (κ1) is 18.2. The van der Waals surface area contributed by atoms with Crippen LogP contribution in [0.1, 0.15) is 46.5 Å². The van der Waals surface area contributed by atoms with Crippen LogP contribution in [0.2, 0.25) is 0 Å². The zero-order chi connectivity index (χ0) is 13.8. The monoisotopic (exact) mass is 291 g/mol. The van der Waals surface area contributed by atoms with Gasteiger partial charge in [-0.15, -0.1) is 12.4 Å². The second kappa shape index (κ2) is 7.10. The van der Waals surface area contributed by atoms with Gasteiger partial charge in [-0.3, -0.25) is 9.59 Å². The Morgan fingerprint density at radius 3 is 2.05 bits per heavy atom. The number of hydrogen-bond acceptors (Lipinski definition) is 3. The van der Waals surface area contributed by atoms with Crippen LogP contribution in [0.4, 0.5) is 0 Å². The Kier molecular flexibility index (Phi) is 6.80. The van der Waals surface area contributed by atoms with Gasteiger partial charge in [0.05, 0.1) is 5.54 Å². The number of nitrogens with one attached hydrogen (secondary N) is 2. The van der Waals surface area contributed by atoms with Crippen LogP contribution < -0.4 is 16.4 Å². The topological polar surface area (TPSA) is 84.2 Å². The summed E-state index contributed by atoms with van der Waals surface area (Å²) in [6.07, 6.45) is 3.55. The number of hydrogen-bond donors (Lipinski definition) is 3. The SMILES string of the molecule is CC(C)(C)C(=O)NCCNC(=O)C1(N)CCCC1.Cl. The van der Waals surface area contributed by atoms with E-state index in [4.69, 9.17) is 5.73 Å². The van der Waals surface area contributed by atoms with Gasteiger partial charge < -0.3 is 16.4 Å². The predicted octanol–water partition coefficient (Wildman–Crippen LogP) is 0.958. The molecule has 19 heavy (non-hydrogen) atoms. The molecule has 5 nitrogen and oxygen atoms in total. The van der Waals surface area contributed by atoms with Crippen LogP contribution in [0.25, 0.3) is 0 Å². The Morgan fingerprint density at radius 1 is 1.11 bits per heavy atom. The molecule has 0 aromatic heterocycles. The van der Waals surface area contributed by atoms with Gasteiger partial charge in [0.25, 0.3) is 0 Å². The van der Waals surface area contributed by atoms with E-state index >= 15 is 0 Å². The molecular weight excluding hydrogens is 266 g/mol. The van der Waals surface area contributed by atoms with Crippen LogP contribution in [-0.2, 0) is 9.59 Å². The van der Waals surface area contributed by atoms with Crippen LogP contribution in [0, 0.1) is 5.41 Å². The fourth-order valence-electron chi connectivity index (χ4n) is 2.03. The Hall–Kier alpha value is -0.810. The third-order valence-electron chi connectivity index (χ3n) is 3.33. The van der Waals surface area contributed by atoms with E-state index in [-0.39, 0.29) is 24.2 Å². The van der Waals surface area contributed by atoms with Gasteiger partial charge in [0, 0.05) is 18.5 Å². The number of carbonyl (C=O) groups is 2. The van der Waals surface area contributed by atoms with Gasteiger partial charge in [-0.1, -0.05) is 33.6 Å². The van der Waals surface area contributed by atoms with Crippen molar-refractivity contribution in [2.45, 2.75) is 52.0 Å². The molecule has 1 rings (SSSR count). The van der Waals surface area contributed by atoms with E-state index in [0.29, 0.717) is 13.1 Å². The highest BCUT2D eigenvalue weighted by molar-refractivity contribution is 5.86. The van der Waals surface area contributed by atoms with Gasteiger partial charge in [-0.05, 0) is 12.8 Å². The number of nitrogens with two attached hydrogens (primary N) is 1. The van der Waals surface area contributed by atoms with Crippen LogP contribution in [0.15, 0.2) is 0 Å². The van der Waals surface area contributed by atoms with Gasteiger partial charge in [0.1, 0.15) is 0 Å². The van der Waals surface area contributed by atoms with E-state index in [0.717, 1.165) is 25.7 Å². The molecule has 0 unspecified atom stereocenters. The minimum atomic E-state index is -0.686. The smallest absolute Gasteiger partial charge is 0.240 e. The molecular formula is C13H26ClN3O2. The van der Waals surface area contributed by atoms with Gasteiger partial charge in [0.2, 0.25) is 11.8 Å². The van der Waals surface area contributed by atoms with Crippen molar-refractivity contribution < 1.29 is 9.59 Å². The maximum Gasteiger partial charge on any atom is 0.240 e. The largest absolute Gasteiger partial charge is 0.354 e. The molecule has 1 aliphatic carbocycles. The second-order valence-corrected chi connectivity index (χ2v) is 6.13. The lowest BCUT2D eigenvalue weighted by Crippen LogP contribution is -2.53. The number of amides is 2. The molecule has 0 aliphatic heterocycles. The Bertz CT molecular complexity index is 320. The highest BCUT2D eigenvalue weighted by Gasteiger charge is 2.36. The lowest BCUT2D eigenvalue weighted by molar-refractivity contribution is -0.129. The molecule has 1 fully saturated rings. The first-order chi connectivity index (χ1) is 8.26. The van der Waals surface area contributed by atoms with Gasteiger partial charge in [0.15, 0.2) is 0 Å². The fraction of sp³-hybridized carbons (Fsp3) is 0.846. The van der Waals surface area contributed by atoms with Crippen molar-refractivity contribution in [1.82, 2.24) is 10.6 Å². The maximum atomic E-state index is 11.9. The molecule has 0 heterocycles. The Balaban J connectivity index is 0.00000324. The molecule has 4 N–H and O–H groups in total. The van der Waals surface area contributed by atoms with Crippen molar-refractivity contribution in [3.8, 4) is 0 Å². The quantitative estimate of drug-likeness (QED) is 0.675. The highest BCUT2D eigenvalue weighted by Crippen LogP contribution is 2.26. The van der Waals surface area contributed by atoms with Gasteiger partial charge in [-0.2, -0.15) is 0 Å². The minimum Gasteiger partial charge on any atom is -0.354 e. The molecule has 0 bridgehead atoms. The van der Waals surface area contributed by atoms with Crippen LogP contribution in [0.3, 0.4) is 0 Å². The van der Waals surface area contributed by atoms with Crippen molar-refractivity contribution >= 4 is 24.2 Å². The zero-order valence-corrected chi connectivity index (χ0v) is 12.9. The number of carbonyl (C=O) groups excluding carboxylic acids is 2. The number of rotatable bonds is 4. The number of halogens is 1. The van der Waals surface area contributed by atoms with Gasteiger partial charge >= 0.3 is 0 Å². The fourth-order valence-corrected chi connectivity index (χ4v) is 2.03. The minimum absolute atomic E-state index is 0. The summed E-state index contributed by atoms with van der Waals surface area (Å²) in [5.41, 5.74) is 4.93. The van der Waals surface area contributed by atoms with Crippen molar-refractivity contribution in [3.05, 3.63) is 0 Å². The average Bonchev–Trinajstić information content (AvgIpc) is 2.70. The first-order valence-corrected chi connectivity index (χ1v) is 6.61. The van der Waals surface area contributed by atoms with Crippen molar-refractivity contribution in [2.75, 3.05) is 13.1 Å². The van der Waals surface area contributed by atoms with Gasteiger partial charge in [-0.25, -0.2) is 0 Å². The third kappa shape index (κ3) is 5.37. The predicted molar refractivity (Wildman–Crippen MR) is 78.1 cm³/mol. The summed E-state index contributed by atoms with van der Waals surface area (Å²) in [4.78, 5) is 23.4. The van der Waals surface area contributed by atoms with E-state index in [9.17, 15) is 9.59 Å². The normalized spacial score (nSPS) is 17.5. The zero-order valence-electron chi connectivity index (χ0n) is 12.0. The van der Waals surface area contributed by atoms with Crippen molar-refractivity contribution in [1.29, 1.82) is 0 Å². The van der Waals surface area contributed by atoms with E-state index in [1.54, 1.807) is 0 Å². The van der Waals surface area contributed by atoms with Crippen molar-refractivity contribution in [3.63, 3.8) is 0 Å². The molecule has 0 spiro atoms. The summed E-state index contributed by atoms with van der Waals surface area (Å²) in [7, 11) is 0. The lowest BCUT2D eigenvalue weighted by Gasteiger charge is -2.23. The van der Waals surface area contributed by atoms with E-state index < -0.39 is 11.0 Å². The van der Waals surface area contributed by atoms with E-state index in [2.05, 4.69) is 10.6 Å². The molecule has 1 aliphatic rings. The highest BCUT2D eigenvalue weighted by atomic mass is 35.5. The molecule has 0 saturated heterocycles. The summed E-state index contributed by atoms with van der Waals surface area (Å²) in [6, 6.07) is 0. The summed E-state index contributed by atoms with van der Waals surface area (Å²) < 4.78 is 0. The Morgan fingerprint density at radius 2 is 1.58 bits per heavy atom. The van der Waals surface area contributed by atoms with Crippen LogP contribution >= 0.6 is 12.4 Å². The molecule has 0 radical (unpaired) electrons. The molecule has 0 aromatic carbocycles. The summed E-state index contributed by atoms with van der Waals surface area (Å²) in [5, 5.41) is 5.58. The summed E-state index contributed by atoms with van der Waals surface area (Å²) in [6.45, 7) is 6.44. The standard InChI is InChI=1S/C13H25N3O2.ClH/c1-12(2,3)10(17)15-8-9-16-11(18)13(14)6-4-5-7-13;/h4-9,14H2,1-3H3,(H,15,17)(H,16,18);1H. The maximum absolute atomic E-state index is 11.9. The molecule has 2 amide bonds.